The first kappa shape index (κ1) is 22.6. The molecule has 0 atom stereocenters. The average Bonchev–Trinajstić information content (AvgIpc) is 3.31. The van der Waals surface area contributed by atoms with Crippen LogP contribution in [0.4, 0.5) is 11.5 Å². The lowest BCUT2D eigenvalue weighted by Crippen LogP contribution is -2.48. The second kappa shape index (κ2) is 9.58. The summed E-state index contributed by atoms with van der Waals surface area (Å²) < 4.78 is 1.85. The Balaban J connectivity index is 1.40. The molecule has 0 unspecified atom stereocenters. The third kappa shape index (κ3) is 4.35. The van der Waals surface area contributed by atoms with E-state index in [0.717, 1.165) is 18.8 Å². The summed E-state index contributed by atoms with van der Waals surface area (Å²) >= 11 is 0. The van der Waals surface area contributed by atoms with Gasteiger partial charge in [0.25, 0.3) is 11.8 Å². The molecule has 0 aliphatic carbocycles. The highest BCUT2D eigenvalue weighted by molar-refractivity contribution is 6.05. The number of carbonyl (C=O) groups excluding carboxylic acids is 2. The summed E-state index contributed by atoms with van der Waals surface area (Å²) in [6.45, 7) is 4.90. The van der Waals surface area contributed by atoms with Gasteiger partial charge in [0.05, 0.1) is 11.3 Å². The molecule has 1 fully saturated rings. The number of nitrogens with zero attached hydrogens (tertiary/aromatic N) is 6. The molecule has 3 aromatic heterocycles. The number of piperazine rings is 1. The van der Waals surface area contributed by atoms with Gasteiger partial charge >= 0.3 is 0 Å². The van der Waals surface area contributed by atoms with Gasteiger partial charge in [-0.05, 0) is 42.8 Å². The molecule has 1 aliphatic heterocycles. The van der Waals surface area contributed by atoms with Crippen LogP contribution in [-0.2, 0) is 6.42 Å². The number of imidazole rings is 1. The van der Waals surface area contributed by atoms with E-state index in [1.165, 1.54) is 5.69 Å². The Morgan fingerprint density at radius 2 is 1.63 bits per heavy atom. The SMILES string of the molecule is CCc1nc2ccc(C(=O)N3CCN(c4ccccc4)CC3)cn2c1N(C)C(=O)c1ccncc1. The smallest absolute Gasteiger partial charge is 0.259 e. The lowest BCUT2D eigenvalue weighted by Gasteiger charge is -2.36. The normalized spacial score (nSPS) is 13.8. The van der Waals surface area contributed by atoms with E-state index in [9.17, 15) is 9.59 Å². The van der Waals surface area contributed by atoms with Gasteiger partial charge in [-0.3, -0.25) is 23.9 Å². The molecule has 35 heavy (non-hydrogen) atoms. The molecule has 178 valence electrons. The van der Waals surface area contributed by atoms with E-state index < -0.39 is 0 Å². The summed E-state index contributed by atoms with van der Waals surface area (Å²) in [5, 5.41) is 0. The van der Waals surface area contributed by atoms with Crippen LogP contribution < -0.4 is 9.80 Å². The molecule has 2 amide bonds. The quantitative estimate of drug-likeness (QED) is 0.448. The van der Waals surface area contributed by atoms with E-state index in [0.29, 0.717) is 42.1 Å². The zero-order chi connectivity index (χ0) is 24.4. The Hall–Kier alpha value is -4.20. The third-order valence-electron chi connectivity index (χ3n) is 6.48. The Kier molecular flexibility index (Phi) is 6.18. The van der Waals surface area contributed by atoms with E-state index in [2.05, 4.69) is 22.0 Å². The number of amides is 2. The molecule has 8 heteroatoms. The minimum Gasteiger partial charge on any atom is -0.368 e. The van der Waals surface area contributed by atoms with Gasteiger partial charge in [0.2, 0.25) is 0 Å². The molecule has 0 bridgehead atoms. The first-order valence-corrected chi connectivity index (χ1v) is 11.8. The standard InChI is InChI=1S/C27H28N6O2/c1-3-23-25(30(2)26(34)20-11-13-28-14-12-20)33-19-21(9-10-24(33)29-23)27(35)32-17-15-31(16-18-32)22-7-5-4-6-8-22/h4-14,19H,3,15-18H2,1-2H3. The van der Waals surface area contributed by atoms with E-state index in [-0.39, 0.29) is 11.8 Å². The zero-order valence-corrected chi connectivity index (χ0v) is 20.0. The predicted molar refractivity (Wildman–Crippen MR) is 136 cm³/mol. The van der Waals surface area contributed by atoms with Crippen molar-refractivity contribution < 1.29 is 9.59 Å². The fourth-order valence-corrected chi connectivity index (χ4v) is 4.57. The molecular formula is C27H28N6O2. The molecule has 0 spiro atoms. The van der Waals surface area contributed by atoms with Gasteiger partial charge in [-0.1, -0.05) is 25.1 Å². The number of carbonyl (C=O) groups is 2. The number of benzene rings is 1. The summed E-state index contributed by atoms with van der Waals surface area (Å²) in [7, 11) is 1.74. The third-order valence-corrected chi connectivity index (χ3v) is 6.48. The number of pyridine rings is 2. The molecule has 0 saturated carbocycles. The van der Waals surface area contributed by atoms with Gasteiger partial charge < -0.3 is 9.80 Å². The van der Waals surface area contributed by atoms with Crippen molar-refractivity contribution >= 4 is 29.0 Å². The van der Waals surface area contributed by atoms with Crippen molar-refractivity contribution in [3.05, 3.63) is 90.0 Å². The maximum Gasteiger partial charge on any atom is 0.259 e. The summed E-state index contributed by atoms with van der Waals surface area (Å²) in [5.74, 6) is 0.506. The summed E-state index contributed by atoms with van der Waals surface area (Å²) in [6, 6.07) is 17.3. The molecular weight excluding hydrogens is 440 g/mol. The van der Waals surface area contributed by atoms with Crippen molar-refractivity contribution in [2.75, 3.05) is 43.0 Å². The van der Waals surface area contributed by atoms with Crippen molar-refractivity contribution in [2.45, 2.75) is 13.3 Å². The van der Waals surface area contributed by atoms with Gasteiger partial charge in [-0.25, -0.2) is 4.98 Å². The number of hydrogen-bond donors (Lipinski definition) is 0. The minimum absolute atomic E-state index is 0.0135. The minimum atomic E-state index is -0.155. The van der Waals surface area contributed by atoms with Gasteiger partial charge in [0.1, 0.15) is 11.5 Å². The van der Waals surface area contributed by atoms with Crippen LogP contribution in [0.2, 0.25) is 0 Å². The maximum absolute atomic E-state index is 13.4. The second-order valence-corrected chi connectivity index (χ2v) is 8.60. The zero-order valence-electron chi connectivity index (χ0n) is 20.0. The molecule has 1 aliphatic rings. The largest absolute Gasteiger partial charge is 0.368 e. The van der Waals surface area contributed by atoms with Gasteiger partial charge in [0.15, 0.2) is 0 Å². The van der Waals surface area contributed by atoms with Crippen LogP contribution in [0.1, 0.15) is 33.3 Å². The van der Waals surface area contributed by atoms with Gasteiger partial charge in [-0.15, -0.1) is 0 Å². The maximum atomic E-state index is 13.4. The highest BCUT2D eigenvalue weighted by Gasteiger charge is 2.25. The number of hydrogen-bond acceptors (Lipinski definition) is 5. The number of fused-ring (bicyclic) bond motifs is 1. The van der Waals surface area contributed by atoms with E-state index in [1.54, 1.807) is 42.7 Å². The Morgan fingerprint density at radius 1 is 0.914 bits per heavy atom. The highest BCUT2D eigenvalue weighted by Crippen LogP contribution is 2.25. The molecule has 1 saturated heterocycles. The fourth-order valence-electron chi connectivity index (χ4n) is 4.57. The lowest BCUT2D eigenvalue weighted by molar-refractivity contribution is 0.0746. The second-order valence-electron chi connectivity index (χ2n) is 8.60. The van der Waals surface area contributed by atoms with E-state index in [4.69, 9.17) is 4.98 Å². The Bertz CT molecular complexity index is 1340. The van der Waals surface area contributed by atoms with Gasteiger partial charge in [-0.2, -0.15) is 0 Å². The van der Waals surface area contributed by atoms with Crippen molar-refractivity contribution in [3.8, 4) is 0 Å². The molecule has 8 nitrogen and oxygen atoms in total. The van der Waals surface area contributed by atoms with Crippen LogP contribution in [0.15, 0.2) is 73.2 Å². The topological polar surface area (TPSA) is 74.1 Å². The number of rotatable bonds is 5. The molecule has 4 aromatic rings. The Labute approximate surface area is 204 Å². The molecule has 5 rings (SSSR count). The van der Waals surface area contributed by atoms with Crippen LogP contribution in [0.25, 0.3) is 5.65 Å². The Morgan fingerprint density at radius 3 is 2.31 bits per heavy atom. The first-order valence-electron chi connectivity index (χ1n) is 11.8. The number of para-hydroxylation sites is 1. The van der Waals surface area contributed by atoms with Crippen LogP contribution in [0, 0.1) is 0 Å². The molecule has 4 heterocycles. The van der Waals surface area contributed by atoms with E-state index in [1.807, 2.05) is 46.6 Å². The summed E-state index contributed by atoms with van der Waals surface area (Å²) in [5.41, 5.74) is 3.81. The van der Waals surface area contributed by atoms with Crippen molar-refractivity contribution in [1.82, 2.24) is 19.3 Å². The molecule has 0 radical (unpaired) electrons. The van der Waals surface area contributed by atoms with E-state index >= 15 is 0 Å². The van der Waals surface area contributed by atoms with Crippen LogP contribution in [0.5, 0.6) is 0 Å². The van der Waals surface area contributed by atoms with Crippen molar-refractivity contribution in [3.63, 3.8) is 0 Å². The number of aryl methyl sites for hydroxylation is 1. The molecule has 1 aromatic carbocycles. The van der Waals surface area contributed by atoms with Gasteiger partial charge in [0, 0.05) is 63.1 Å². The lowest BCUT2D eigenvalue weighted by atomic mass is 10.2. The number of anilines is 2. The van der Waals surface area contributed by atoms with Crippen LogP contribution in [0.3, 0.4) is 0 Å². The monoisotopic (exact) mass is 468 g/mol. The van der Waals surface area contributed by atoms with Crippen LogP contribution >= 0.6 is 0 Å². The summed E-state index contributed by atoms with van der Waals surface area (Å²) in [6.07, 6.45) is 5.67. The molecule has 0 N–H and O–H groups in total. The highest BCUT2D eigenvalue weighted by atomic mass is 16.2. The van der Waals surface area contributed by atoms with Crippen LogP contribution in [-0.4, -0.2) is 64.3 Å². The van der Waals surface area contributed by atoms with Crippen molar-refractivity contribution in [1.29, 1.82) is 0 Å². The number of aromatic nitrogens is 3. The van der Waals surface area contributed by atoms with Crippen molar-refractivity contribution in [2.24, 2.45) is 0 Å². The first-order chi connectivity index (χ1) is 17.1. The fraction of sp³-hybridized carbons (Fsp3) is 0.259. The predicted octanol–water partition coefficient (Wildman–Crippen LogP) is 3.53. The summed E-state index contributed by atoms with van der Waals surface area (Å²) in [4.78, 5) is 41.0. The average molecular weight is 469 g/mol.